The van der Waals surface area contributed by atoms with E-state index in [-0.39, 0.29) is 11.9 Å². The normalized spacial score (nSPS) is 22.2. The number of benzene rings is 1. The number of aryl methyl sites for hydroxylation is 1. The van der Waals surface area contributed by atoms with Crippen LogP contribution in [0.25, 0.3) is 0 Å². The molecular weight excluding hydrogens is 230 g/mol. The molecule has 0 saturated carbocycles. The third kappa shape index (κ3) is 2.48. The third-order valence-corrected chi connectivity index (χ3v) is 3.44. The predicted octanol–water partition coefficient (Wildman–Crippen LogP) is 1.57. The largest absolute Gasteiger partial charge is 0.497 e. The highest BCUT2D eigenvalue weighted by atomic mass is 16.5. The van der Waals surface area contributed by atoms with Crippen molar-refractivity contribution in [2.45, 2.75) is 38.3 Å². The number of hydrogen-bond donors (Lipinski definition) is 2. The number of methoxy groups -OCH3 is 1. The van der Waals surface area contributed by atoms with E-state index in [0.717, 1.165) is 29.7 Å². The first kappa shape index (κ1) is 12.9. The van der Waals surface area contributed by atoms with Gasteiger partial charge in [0.25, 0.3) is 0 Å². The number of aliphatic hydroxyl groups is 1. The lowest BCUT2D eigenvalue weighted by Crippen LogP contribution is -2.41. The van der Waals surface area contributed by atoms with Crippen LogP contribution in [-0.4, -0.2) is 24.2 Å². The van der Waals surface area contributed by atoms with E-state index in [1.54, 1.807) is 7.11 Å². The lowest BCUT2D eigenvalue weighted by molar-refractivity contribution is -0.122. The van der Waals surface area contributed by atoms with Crippen LogP contribution in [0.1, 0.15) is 37.0 Å². The van der Waals surface area contributed by atoms with Gasteiger partial charge in [0.15, 0.2) is 0 Å². The molecule has 98 valence electrons. The molecule has 0 aliphatic heterocycles. The van der Waals surface area contributed by atoms with Crippen molar-refractivity contribution < 1.29 is 14.6 Å². The minimum atomic E-state index is -0.653. The van der Waals surface area contributed by atoms with Gasteiger partial charge in [-0.1, -0.05) is 13.0 Å². The van der Waals surface area contributed by atoms with Crippen molar-refractivity contribution in [2.75, 3.05) is 7.11 Å². The minimum absolute atomic E-state index is 0.0228. The average molecular weight is 249 g/mol. The molecule has 2 N–H and O–H groups in total. The fourth-order valence-electron chi connectivity index (χ4n) is 2.35. The summed E-state index contributed by atoms with van der Waals surface area (Å²) in [6, 6.07) is 5.53. The van der Waals surface area contributed by atoms with Crippen LogP contribution in [0, 0.1) is 0 Å². The molecule has 0 fully saturated rings. The van der Waals surface area contributed by atoms with Gasteiger partial charge < -0.3 is 15.2 Å². The molecule has 1 aromatic carbocycles. The first-order valence-electron chi connectivity index (χ1n) is 6.30. The summed E-state index contributed by atoms with van der Waals surface area (Å²) in [5.41, 5.74) is 1.99. The van der Waals surface area contributed by atoms with Gasteiger partial charge in [0.1, 0.15) is 5.75 Å². The second-order valence-electron chi connectivity index (χ2n) is 4.58. The van der Waals surface area contributed by atoms with Crippen LogP contribution in [0.2, 0.25) is 0 Å². The maximum atomic E-state index is 11.4. The van der Waals surface area contributed by atoms with Gasteiger partial charge in [-0.2, -0.15) is 0 Å². The molecule has 0 bridgehead atoms. The average Bonchev–Trinajstić information content (AvgIpc) is 2.41. The summed E-state index contributed by atoms with van der Waals surface area (Å²) in [5, 5.41) is 13.2. The van der Waals surface area contributed by atoms with Crippen molar-refractivity contribution in [3.05, 3.63) is 29.3 Å². The Hall–Kier alpha value is -1.55. The molecule has 0 aromatic heterocycles. The lowest BCUT2D eigenvalue weighted by atomic mass is 9.85. The van der Waals surface area contributed by atoms with Gasteiger partial charge in [0.2, 0.25) is 5.91 Å². The molecule has 0 radical (unpaired) electrons. The molecule has 1 aliphatic rings. The first-order valence-corrected chi connectivity index (χ1v) is 6.30. The summed E-state index contributed by atoms with van der Waals surface area (Å²) in [7, 11) is 1.60. The van der Waals surface area contributed by atoms with Crippen LogP contribution in [0.15, 0.2) is 18.2 Å². The fraction of sp³-hybridized carbons (Fsp3) is 0.500. The van der Waals surface area contributed by atoms with E-state index >= 15 is 0 Å². The van der Waals surface area contributed by atoms with Crippen LogP contribution in [0.3, 0.4) is 0 Å². The Morgan fingerprint density at radius 1 is 1.56 bits per heavy atom. The number of hydrogen-bond acceptors (Lipinski definition) is 3. The Kier molecular flexibility index (Phi) is 3.87. The molecule has 1 amide bonds. The van der Waals surface area contributed by atoms with E-state index in [2.05, 4.69) is 5.32 Å². The number of rotatable bonds is 3. The maximum Gasteiger partial charge on any atom is 0.220 e. The number of carbonyl (C=O) groups is 1. The smallest absolute Gasteiger partial charge is 0.220 e. The lowest BCUT2D eigenvalue weighted by Gasteiger charge is -2.31. The van der Waals surface area contributed by atoms with E-state index in [9.17, 15) is 9.90 Å². The van der Waals surface area contributed by atoms with Crippen LogP contribution in [-0.2, 0) is 11.2 Å². The molecule has 0 saturated heterocycles. The molecule has 2 unspecified atom stereocenters. The summed E-state index contributed by atoms with van der Waals surface area (Å²) < 4.78 is 5.17. The molecule has 1 aliphatic carbocycles. The highest BCUT2D eigenvalue weighted by Crippen LogP contribution is 2.32. The quantitative estimate of drug-likeness (QED) is 0.855. The van der Waals surface area contributed by atoms with Crippen molar-refractivity contribution in [3.63, 3.8) is 0 Å². The molecule has 2 atom stereocenters. The zero-order valence-electron chi connectivity index (χ0n) is 10.8. The SMILES string of the molecule is CCC(=O)NC1CCc2ccc(OC)cc2C1O. The molecule has 2 rings (SSSR count). The van der Waals surface area contributed by atoms with Crippen molar-refractivity contribution in [3.8, 4) is 5.75 Å². The molecule has 18 heavy (non-hydrogen) atoms. The van der Waals surface area contributed by atoms with Crippen LogP contribution in [0.5, 0.6) is 5.75 Å². The number of nitrogens with one attached hydrogen (secondary N) is 1. The maximum absolute atomic E-state index is 11.4. The zero-order chi connectivity index (χ0) is 13.1. The Morgan fingerprint density at radius 3 is 3.00 bits per heavy atom. The van der Waals surface area contributed by atoms with E-state index in [1.165, 1.54) is 0 Å². The highest BCUT2D eigenvalue weighted by Gasteiger charge is 2.29. The highest BCUT2D eigenvalue weighted by molar-refractivity contribution is 5.76. The summed E-state index contributed by atoms with van der Waals surface area (Å²) in [5.74, 6) is 0.709. The summed E-state index contributed by atoms with van der Waals surface area (Å²) in [6.45, 7) is 1.81. The molecule has 4 nitrogen and oxygen atoms in total. The van der Waals surface area contributed by atoms with Gasteiger partial charge in [-0.05, 0) is 36.1 Å². The fourth-order valence-corrected chi connectivity index (χ4v) is 2.35. The van der Waals surface area contributed by atoms with Gasteiger partial charge in [0.05, 0.1) is 19.3 Å². The second-order valence-corrected chi connectivity index (χ2v) is 4.58. The zero-order valence-corrected chi connectivity index (χ0v) is 10.8. The van der Waals surface area contributed by atoms with Crippen LogP contribution >= 0.6 is 0 Å². The molecular formula is C14H19NO3. The monoisotopic (exact) mass is 249 g/mol. The predicted molar refractivity (Wildman–Crippen MR) is 68.5 cm³/mol. The number of amides is 1. The number of carbonyl (C=O) groups excluding carboxylic acids is 1. The number of aliphatic hydroxyl groups excluding tert-OH is 1. The molecule has 0 spiro atoms. The minimum Gasteiger partial charge on any atom is -0.497 e. The van der Waals surface area contributed by atoms with E-state index in [1.807, 2.05) is 25.1 Å². The summed E-state index contributed by atoms with van der Waals surface area (Å²) >= 11 is 0. The van der Waals surface area contributed by atoms with Gasteiger partial charge in [-0.15, -0.1) is 0 Å². The van der Waals surface area contributed by atoms with Crippen molar-refractivity contribution in [1.29, 1.82) is 0 Å². The standard InChI is InChI=1S/C14H19NO3/c1-3-13(16)15-12-7-5-9-4-6-10(18-2)8-11(9)14(12)17/h4,6,8,12,14,17H,3,5,7H2,1-2H3,(H,15,16). The van der Waals surface area contributed by atoms with E-state index in [4.69, 9.17) is 4.74 Å². The van der Waals surface area contributed by atoms with Gasteiger partial charge in [-0.25, -0.2) is 0 Å². The third-order valence-electron chi connectivity index (χ3n) is 3.44. The van der Waals surface area contributed by atoms with Gasteiger partial charge in [-0.3, -0.25) is 4.79 Å². The Balaban J connectivity index is 2.20. The van der Waals surface area contributed by atoms with Crippen molar-refractivity contribution in [1.82, 2.24) is 5.32 Å². The van der Waals surface area contributed by atoms with Crippen molar-refractivity contribution in [2.24, 2.45) is 0 Å². The van der Waals surface area contributed by atoms with E-state index < -0.39 is 6.10 Å². The van der Waals surface area contributed by atoms with Crippen LogP contribution < -0.4 is 10.1 Å². The van der Waals surface area contributed by atoms with Gasteiger partial charge >= 0.3 is 0 Å². The second kappa shape index (κ2) is 5.40. The van der Waals surface area contributed by atoms with Gasteiger partial charge in [0, 0.05) is 6.42 Å². The molecule has 1 aromatic rings. The Labute approximate surface area is 107 Å². The molecule has 0 heterocycles. The first-order chi connectivity index (χ1) is 8.65. The Bertz CT molecular complexity index is 445. The van der Waals surface area contributed by atoms with E-state index in [0.29, 0.717) is 6.42 Å². The topological polar surface area (TPSA) is 58.6 Å². The number of fused-ring (bicyclic) bond motifs is 1. The number of ether oxygens (including phenoxy) is 1. The Morgan fingerprint density at radius 2 is 2.33 bits per heavy atom. The molecule has 4 heteroatoms. The summed E-state index contributed by atoms with van der Waals surface area (Å²) in [6.07, 6.45) is 1.42. The van der Waals surface area contributed by atoms with Crippen LogP contribution in [0.4, 0.5) is 0 Å². The summed E-state index contributed by atoms with van der Waals surface area (Å²) in [4.78, 5) is 11.4. The van der Waals surface area contributed by atoms with Crippen molar-refractivity contribution >= 4 is 5.91 Å².